The molecule has 1 unspecified atom stereocenters. The minimum absolute atomic E-state index is 0.581. The van der Waals surface area contributed by atoms with E-state index in [1.807, 2.05) is 30.3 Å². The summed E-state index contributed by atoms with van der Waals surface area (Å²) in [5.41, 5.74) is 4.05. The zero-order chi connectivity index (χ0) is 13.3. The number of aryl methyl sites for hydroxylation is 2. The van der Waals surface area contributed by atoms with Crippen LogP contribution in [-0.4, -0.2) is 0 Å². The van der Waals surface area contributed by atoms with Gasteiger partial charge in [0.25, 0.3) is 0 Å². The van der Waals surface area contributed by atoms with Crippen molar-refractivity contribution in [2.75, 3.05) is 5.32 Å². The maximum atomic E-state index is 9.70. The van der Waals surface area contributed by atoms with E-state index in [-0.39, 0.29) is 0 Å². The van der Waals surface area contributed by atoms with E-state index >= 15 is 0 Å². The van der Waals surface area contributed by atoms with Gasteiger partial charge in [-0.1, -0.05) is 42.0 Å². The number of para-hydroxylation sites is 1. The van der Waals surface area contributed by atoms with Crippen molar-refractivity contribution in [1.82, 2.24) is 0 Å². The van der Waals surface area contributed by atoms with Crippen molar-refractivity contribution in [3.63, 3.8) is 0 Å². The molecular weight excluding hydrogens is 232 g/mol. The Balaban J connectivity index is 2.04. The Hall–Kier alpha value is -2.27. The van der Waals surface area contributed by atoms with Crippen LogP contribution in [0.5, 0.6) is 0 Å². The van der Waals surface area contributed by atoms with E-state index in [0.29, 0.717) is 0 Å². The van der Waals surface area contributed by atoms with Gasteiger partial charge < -0.3 is 5.32 Å². The van der Waals surface area contributed by atoms with E-state index in [2.05, 4.69) is 36.5 Å². The number of nitrogens with zero attached hydrogens (tertiary/aromatic N) is 1. The maximum absolute atomic E-state index is 9.70. The Labute approximate surface area is 113 Å². The highest BCUT2D eigenvalue weighted by molar-refractivity contribution is 5.55. The number of rotatable bonds is 2. The van der Waals surface area contributed by atoms with Crippen LogP contribution in [0, 0.1) is 18.3 Å². The summed E-state index contributed by atoms with van der Waals surface area (Å²) in [7, 11) is 0. The van der Waals surface area contributed by atoms with Crippen molar-refractivity contribution in [3.8, 4) is 6.07 Å². The van der Waals surface area contributed by atoms with Gasteiger partial charge in [-0.2, -0.15) is 5.26 Å². The molecule has 2 aromatic rings. The highest BCUT2D eigenvalue weighted by Gasteiger charge is 2.39. The summed E-state index contributed by atoms with van der Waals surface area (Å²) >= 11 is 0. The van der Waals surface area contributed by atoms with Gasteiger partial charge in [0.15, 0.2) is 5.54 Å². The molecule has 0 aromatic heterocycles. The molecule has 0 fully saturated rings. The largest absolute Gasteiger partial charge is 0.364 e. The molecular formula is C17H16N2. The zero-order valence-electron chi connectivity index (χ0n) is 11.0. The Morgan fingerprint density at radius 1 is 1.16 bits per heavy atom. The van der Waals surface area contributed by atoms with Crippen LogP contribution in [-0.2, 0) is 12.0 Å². The molecule has 0 spiro atoms. The lowest BCUT2D eigenvalue weighted by atomic mass is 9.92. The van der Waals surface area contributed by atoms with Gasteiger partial charge in [0.1, 0.15) is 0 Å². The lowest BCUT2D eigenvalue weighted by Gasteiger charge is -2.25. The highest BCUT2D eigenvalue weighted by atomic mass is 15.0. The van der Waals surface area contributed by atoms with Gasteiger partial charge in [-0.15, -0.1) is 0 Å². The second-order valence-electron chi connectivity index (χ2n) is 5.17. The molecule has 2 heteroatoms. The lowest BCUT2D eigenvalue weighted by molar-refractivity contribution is 0.621. The molecule has 0 bridgehead atoms. The molecule has 3 rings (SSSR count). The van der Waals surface area contributed by atoms with Crippen molar-refractivity contribution < 1.29 is 0 Å². The summed E-state index contributed by atoms with van der Waals surface area (Å²) in [5.74, 6) is 0. The highest BCUT2D eigenvalue weighted by Crippen LogP contribution is 2.39. The van der Waals surface area contributed by atoms with Gasteiger partial charge in [0, 0.05) is 5.69 Å². The maximum Gasteiger partial charge on any atom is 0.151 e. The van der Waals surface area contributed by atoms with Crippen LogP contribution in [0.2, 0.25) is 0 Å². The van der Waals surface area contributed by atoms with Crippen LogP contribution in [0.1, 0.15) is 23.1 Å². The quantitative estimate of drug-likeness (QED) is 0.878. The van der Waals surface area contributed by atoms with E-state index in [4.69, 9.17) is 0 Å². The SMILES string of the molecule is Cc1ccc2c(c1)C(C#N)(Nc1ccccc1)CC2. The molecule has 0 heterocycles. The summed E-state index contributed by atoms with van der Waals surface area (Å²) in [5, 5.41) is 13.1. The monoisotopic (exact) mass is 248 g/mol. The predicted octanol–water partition coefficient (Wildman–Crippen LogP) is 3.77. The third-order valence-corrected chi connectivity index (χ3v) is 3.82. The third kappa shape index (κ3) is 1.98. The normalized spacial score (nSPS) is 20.6. The molecule has 0 saturated carbocycles. The summed E-state index contributed by atoms with van der Waals surface area (Å²) < 4.78 is 0. The predicted molar refractivity (Wildman–Crippen MR) is 76.9 cm³/mol. The van der Waals surface area contributed by atoms with E-state index in [9.17, 15) is 5.26 Å². The van der Waals surface area contributed by atoms with Gasteiger partial charge >= 0.3 is 0 Å². The van der Waals surface area contributed by atoms with E-state index in [1.165, 1.54) is 11.1 Å². The second-order valence-corrected chi connectivity index (χ2v) is 5.17. The molecule has 1 aliphatic rings. The van der Waals surface area contributed by atoms with Crippen LogP contribution < -0.4 is 5.32 Å². The summed E-state index contributed by atoms with van der Waals surface area (Å²) in [6.07, 6.45) is 1.79. The minimum atomic E-state index is -0.581. The van der Waals surface area contributed by atoms with Crippen molar-refractivity contribution >= 4 is 5.69 Å². The standard InChI is InChI=1S/C17H16N2/c1-13-7-8-14-9-10-17(12-18,16(14)11-13)19-15-5-3-2-4-6-15/h2-8,11,19H,9-10H2,1H3. The van der Waals surface area contributed by atoms with Gasteiger partial charge in [-0.05, 0) is 43.0 Å². The van der Waals surface area contributed by atoms with Crippen LogP contribution >= 0.6 is 0 Å². The molecule has 0 saturated heterocycles. The Kier molecular flexibility index (Phi) is 2.76. The molecule has 0 amide bonds. The summed E-state index contributed by atoms with van der Waals surface area (Å²) in [6, 6.07) is 18.9. The number of nitriles is 1. The summed E-state index contributed by atoms with van der Waals surface area (Å²) in [4.78, 5) is 0. The number of fused-ring (bicyclic) bond motifs is 1. The van der Waals surface area contributed by atoms with Crippen LogP contribution in [0.3, 0.4) is 0 Å². The van der Waals surface area contributed by atoms with Crippen molar-refractivity contribution in [2.45, 2.75) is 25.3 Å². The van der Waals surface area contributed by atoms with Crippen molar-refractivity contribution in [2.24, 2.45) is 0 Å². The topological polar surface area (TPSA) is 35.8 Å². The zero-order valence-corrected chi connectivity index (χ0v) is 11.0. The van der Waals surface area contributed by atoms with Crippen LogP contribution in [0.25, 0.3) is 0 Å². The van der Waals surface area contributed by atoms with Crippen LogP contribution in [0.4, 0.5) is 5.69 Å². The van der Waals surface area contributed by atoms with Gasteiger partial charge in [0.2, 0.25) is 0 Å². The van der Waals surface area contributed by atoms with E-state index in [1.54, 1.807) is 0 Å². The van der Waals surface area contributed by atoms with E-state index in [0.717, 1.165) is 24.1 Å². The molecule has 1 N–H and O–H groups in total. The third-order valence-electron chi connectivity index (χ3n) is 3.82. The molecule has 0 aliphatic heterocycles. The fourth-order valence-electron chi connectivity index (χ4n) is 2.80. The lowest BCUT2D eigenvalue weighted by Crippen LogP contribution is -2.31. The fourth-order valence-corrected chi connectivity index (χ4v) is 2.80. The molecule has 0 radical (unpaired) electrons. The molecule has 19 heavy (non-hydrogen) atoms. The minimum Gasteiger partial charge on any atom is -0.364 e. The van der Waals surface area contributed by atoms with Gasteiger partial charge in [-0.25, -0.2) is 0 Å². The number of nitrogens with one attached hydrogen (secondary N) is 1. The average Bonchev–Trinajstić information content (AvgIpc) is 2.79. The first-order valence-corrected chi connectivity index (χ1v) is 6.58. The second kappa shape index (κ2) is 4.44. The molecule has 2 aromatic carbocycles. The first-order chi connectivity index (χ1) is 9.23. The van der Waals surface area contributed by atoms with Gasteiger partial charge in [0.05, 0.1) is 6.07 Å². The fraction of sp³-hybridized carbons (Fsp3) is 0.235. The van der Waals surface area contributed by atoms with Crippen molar-refractivity contribution in [3.05, 3.63) is 65.2 Å². The van der Waals surface area contributed by atoms with E-state index < -0.39 is 5.54 Å². The average molecular weight is 248 g/mol. The number of hydrogen-bond acceptors (Lipinski definition) is 2. The van der Waals surface area contributed by atoms with Crippen LogP contribution in [0.15, 0.2) is 48.5 Å². The molecule has 94 valence electrons. The number of anilines is 1. The Bertz CT molecular complexity index is 640. The number of benzene rings is 2. The number of hydrogen-bond donors (Lipinski definition) is 1. The first-order valence-electron chi connectivity index (χ1n) is 6.58. The Morgan fingerprint density at radius 3 is 2.68 bits per heavy atom. The first kappa shape index (κ1) is 11.8. The Morgan fingerprint density at radius 2 is 1.95 bits per heavy atom. The molecule has 1 aliphatic carbocycles. The molecule has 2 nitrogen and oxygen atoms in total. The smallest absolute Gasteiger partial charge is 0.151 e. The summed E-state index contributed by atoms with van der Waals surface area (Å²) in [6.45, 7) is 2.07. The van der Waals surface area contributed by atoms with Gasteiger partial charge in [-0.3, -0.25) is 0 Å². The molecule has 1 atom stereocenters. The van der Waals surface area contributed by atoms with Crippen molar-refractivity contribution in [1.29, 1.82) is 5.26 Å².